The number of ether oxygens (including phenoxy) is 2. The molecule has 0 unspecified atom stereocenters. The predicted molar refractivity (Wildman–Crippen MR) is 86.2 cm³/mol. The summed E-state index contributed by atoms with van der Waals surface area (Å²) in [5, 5.41) is 3.68. The zero-order chi connectivity index (χ0) is 15.5. The predicted octanol–water partition coefficient (Wildman–Crippen LogP) is 0.475. The fourth-order valence-electron chi connectivity index (χ4n) is 2.63. The van der Waals surface area contributed by atoms with Crippen LogP contribution in [0.1, 0.15) is 0 Å². The number of amides is 1. The summed E-state index contributed by atoms with van der Waals surface area (Å²) in [6.07, 6.45) is -0.572. The molecule has 0 aromatic heterocycles. The monoisotopic (exact) mass is 321 g/mol. The van der Waals surface area contributed by atoms with E-state index in [-0.39, 0.29) is 12.5 Å². The van der Waals surface area contributed by atoms with Crippen molar-refractivity contribution < 1.29 is 14.3 Å². The SMILES string of the molecule is CNC(=S)N1CCN(C(=O)[C@@H]2COc3ccccc3O2)CC1. The van der Waals surface area contributed by atoms with Crippen molar-refractivity contribution in [3.63, 3.8) is 0 Å². The molecule has 7 heteroatoms. The number of carbonyl (C=O) groups is 1. The van der Waals surface area contributed by atoms with Crippen molar-refractivity contribution in [3.8, 4) is 11.5 Å². The summed E-state index contributed by atoms with van der Waals surface area (Å²) in [5.74, 6) is 1.29. The molecule has 1 aromatic carbocycles. The van der Waals surface area contributed by atoms with E-state index in [4.69, 9.17) is 21.7 Å². The van der Waals surface area contributed by atoms with Gasteiger partial charge in [0.2, 0.25) is 6.10 Å². The Labute approximate surface area is 135 Å². The number of piperazine rings is 1. The number of para-hydroxylation sites is 2. The molecule has 0 saturated carbocycles. The maximum atomic E-state index is 12.6. The number of hydrogen-bond donors (Lipinski definition) is 1. The number of nitrogens with zero attached hydrogens (tertiary/aromatic N) is 2. The normalized spacial score (nSPS) is 20.5. The molecule has 0 aliphatic carbocycles. The Balaban J connectivity index is 1.58. The third-order valence-electron chi connectivity index (χ3n) is 3.88. The third-order valence-corrected chi connectivity index (χ3v) is 4.34. The number of thiocarbonyl (C=S) groups is 1. The average molecular weight is 321 g/mol. The van der Waals surface area contributed by atoms with Crippen LogP contribution in [-0.2, 0) is 4.79 Å². The van der Waals surface area contributed by atoms with Gasteiger partial charge in [-0.15, -0.1) is 0 Å². The highest BCUT2D eigenvalue weighted by atomic mass is 32.1. The summed E-state index contributed by atoms with van der Waals surface area (Å²) >= 11 is 5.22. The molecule has 1 atom stereocenters. The number of carbonyl (C=O) groups excluding carboxylic acids is 1. The van der Waals surface area contributed by atoms with Gasteiger partial charge in [0.15, 0.2) is 16.6 Å². The molecule has 0 spiro atoms. The van der Waals surface area contributed by atoms with Crippen molar-refractivity contribution in [2.45, 2.75) is 6.10 Å². The van der Waals surface area contributed by atoms with Gasteiger partial charge in [-0.1, -0.05) is 12.1 Å². The first-order chi connectivity index (χ1) is 10.7. The van der Waals surface area contributed by atoms with Crippen LogP contribution in [0.4, 0.5) is 0 Å². The third kappa shape index (κ3) is 2.94. The minimum atomic E-state index is -0.572. The van der Waals surface area contributed by atoms with Crippen LogP contribution in [0.3, 0.4) is 0 Å². The quantitative estimate of drug-likeness (QED) is 0.759. The minimum absolute atomic E-state index is 0.0236. The van der Waals surface area contributed by atoms with Crippen molar-refractivity contribution >= 4 is 23.2 Å². The van der Waals surface area contributed by atoms with Crippen LogP contribution in [0.15, 0.2) is 24.3 Å². The van der Waals surface area contributed by atoms with Crippen molar-refractivity contribution in [1.29, 1.82) is 0 Å². The van der Waals surface area contributed by atoms with Crippen molar-refractivity contribution in [1.82, 2.24) is 15.1 Å². The number of nitrogens with one attached hydrogen (secondary N) is 1. The highest BCUT2D eigenvalue weighted by Gasteiger charge is 2.32. The van der Waals surface area contributed by atoms with E-state index >= 15 is 0 Å². The molecular formula is C15H19N3O3S. The second-order valence-corrected chi connectivity index (χ2v) is 5.62. The largest absolute Gasteiger partial charge is 0.485 e. The summed E-state index contributed by atoms with van der Waals surface area (Å²) in [4.78, 5) is 16.4. The average Bonchev–Trinajstić information content (AvgIpc) is 2.60. The standard InChI is InChI=1S/C15H19N3O3S/c1-16-15(22)18-8-6-17(7-9-18)14(19)13-10-20-11-4-2-3-5-12(11)21-13/h2-5,13H,6-10H2,1H3,(H,16,22)/t13-/m0/s1. The molecule has 1 fully saturated rings. The highest BCUT2D eigenvalue weighted by Crippen LogP contribution is 2.31. The van der Waals surface area contributed by atoms with Gasteiger partial charge in [-0.2, -0.15) is 0 Å². The molecule has 0 radical (unpaired) electrons. The Hall–Kier alpha value is -2.02. The number of rotatable bonds is 1. The van der Waals surface area contributed by atoms with Gasteiger partial charge in [-0.25, -0.2) is 0 Å². The zero-order valence-electron chi connectivity index (χ0n) is 12.4. The molecule has 3 rings (SSSR count). The van der Waals surface area contributed by atoms with Crippen LogP contribution in [0.2, 0.25) is 0 Å². The molecule has 2 aliphatic heterocycles. The van der Waals surface area contributed by atoms with Gasteiger partial charge in [-0.05, 0) is 24.4 Å². The fourth-order valence-corrected chi connectivity index (χ4v) is 2.82. The highest BCUT2D eigenvalue weighted by molar-refractivity contribution is 7.80. The van der Waals surface area contributed by atoms with Gasteiger partial charge in [0.25, 0.3) is 5.91 Å². The summed E-state index contributed by atoms with van der Waals surface area (Å²) in [6, 6.07) is 7.41. The van der Waals surface area contributed by atoms with Gasteiger partial charge in [0.1, 0.15) is 6.61 Å². The Morgan fingerprint density at radius 1 is 1.18 bits per heavy atom. The molecule has 118 valence electrons. The molecule has 6 nitrogen and oxygen atoms in total. The molecule has 1 amide bonds. The van der Waals surface area contributed by atoms with Crippen molar-refractivity contribution in [2.75, 3.05) is 39.8 Å². The van der Waals surface area contributed by atoms with E-state index in [1.807, 2.05) is 36.2 Å². The summed E-state index contributed by atoms with van der Waals surface area (Å²) in [6.45, 7) is 3.00. The van der Waals surface area contributed by atoms with Gasteiger partial charge < -0.3 is 24.6 Å². The van der Waals surface area contributed by atoms with Gasteiger partial charge in [0.05, 0.1) is 0 Å². The lowest BCUT2D eigenvalue weighted by Crippen LogP contribution is -2.56. The smallest absolute Gasteiger partial charge is 0.267 e. The van der Waals surface area contributed by atoms with E-state index in [1.54, 1.807) is 0 Å². The number of hydrogen-bond acceptors (Lipinski definition) is 4. The van der Waals surface area contributed by atoms with Crippen LogP contribution >= 0.6 is 12.2 Å². The van der Waals surface area contributed by atoms with E-state index in [1.165, 1.54) is 0 Å². The maximum Gasteiger partial charge on any atom is 0.267 e. The molecule has 2 aliphatic rings. The van der Waals surface area contributed by atoms with Crippen LogP contribution in [-0.4, -0.2) is 66.8 Å². The van der Waals surface area contributed by atoms with E-state index in [2.05, 4.69) is 10.2 Å². The second-order valence-electron chi connectivity index (χ2n) is 5.23. The van der Waals surface area contributed by atoms with Gasteiger partial charge >= 0.3 is 0 Å². The van der Waals surface area contributed by atoms with E-state index in [0.717, 1.165) is 18.2 Å². The Morgan fingerprint density at radius 3 is 2.50 bits per heavy atom. The molecule has 0 bridgehead atoms. The van der Waals surface area contributed by atoms with E-state index < -0.39 is 6.10 Å². The maximum absolute atomic E-state index is 12.6. The topological polar surface area (TPSA) is 54.0 Å². The lowest BCUT2D eigenvalue weighted by molar-refractivity contribution is -0.142. The van der Waals surface area contributed by atoms with Crippen molar-refractivity contribution in [2.24, 2.45) is 0 Å². The van der Waals surface area contributed by atoms with Crippen LogP contribution in [0.5, 0.6) is 11.5 Å². The summed E-state index contributed by atoms with van der Waals surface area (Å²) in [5.41, 5.74) is 0. The Morgan fingerprint density at radius 2 is 1.82 bits per heavy atom. The molecular weight excluding hydrogens is 302 g/mol. The first-order valence-corrected chi connectivity index (χ1v) is 7.74. The van der Waals surface area contributed by atoms with Crippen LogP contribution in [0, 0.1) is 0 Å². The number of fused-ring (bicyclic) bond motifs is 1. The van der Waals surface area contributed by atoms with Crippen LogP contribution < -0.4 is 14.8 Å². The lowest BCUT2D eigenvalue weighted by Gasteiger charge is -2.37. The summed E-state index contributed by atoms with van der Waals surface area (Å²) < 4.78 is 11.4. The van der Waals surface area contributed by atoms with Gasteiger partial charge in [0, 0.05) is 33.2 Å². The second kappa shape index (κ2) is 6.39. The van der Waals surface area contributed by atoms with E-state index in [0.29, 0.717) is 24.6 Å². The molecule has 1 N–H and O–H groups in total. The first kappa shape index (κ1) is 14.9. The number of benzene rings is 1. The minimum Gasteiger partial charge on any atom is -0.485 e. The van der Waals surface area contributed by atoms with Crippen LogP contribution in [0.25, 0.3) is 0 Å². The Bertz CT molecular complexity index is 573. The van der Waals surface area contributed by atoms with E-state index in [9.17, 15) is 4.79 Å². The molecule has 1 saturated heterocycles. The zero-order valence-corrected chi connectivity index (χ0v) is 13.3. The Kier molecular flexibility index (Phi) is 4.33. The summed E-state index contributed by atoms with van der Waals surface area (Å²) in [7, 11) is 1.81. The molecule has 2 heterocycles. The lowest BCUT2D eigenvalue weighted by atomic mass is 10.2. The van der Waals surface area contributed by atoms with Crippen molar-refractivity contribution in [3.05, 3.63) is 24.3 Å². The molecule has 22 heavy (non-hydrogen) atoms. The van der Waals surface area contributed by atoms with Gasteiger partial charge in [-0.3, -0.25) is 4.79 Å². The molecule has 1 aromatic rings. The fraction of sp³-hybridized carbons (Fsp3) is 0.467. The first-order valence-electron chi connectivity index (χ1n) is 7.33.